The fourth-order valence-electron chi connectivity index (χ4n) is 3.69. The molecule has 7 heteroatoms. The Morgan fingerprint density at radius 1 is 1.21 bits per heavy atom. The molecule has 0 N–H and O–H groups in total. The van der Waals surface area contributed by atoms with E-state index in [1.165, 1.54) is 0 Å². The van der Waals surface area contributed by atoms with Gasteiger partial charge in [0, 0.05) is 37.4 Å². The van der Waals surface area contributed by atoms with Gasteiger partial charge < -0.3 is 9.80 Å². The Kier molecular flexibility index (Phi) is 3.75. The molecular formula is C17H21N5OS. The summed E-state index contributed by atoms with van der Waals surface area (Å²) in [7, 11) is 0. The van der Waals surface area contributed by atoms with Crippen LogP contribution in [0.5, 0.6) is 0 Å². The lowest BCUT2D eigenvalue weighted by atomic mass is 9.85. The van der Waals surface area contributed by atoms with Crippen LogP contribution in [0.25, 0.3) is 0 Å². The Morgan fingerprint density at radius 2 is 1.96 bits per heavy atom. The first-order valence-electron chi connectivity index (χ1n) is 8.30. The molecule has 24 heavy (non-hydrogen) atoms. The van der Waals surface area contributed by atoms with Crippen molar-refractivity contribution in [3.05, 3.63) is 34.0 Å². The third kappa shape index (κ3) is 2.66. The summed E-state index contributed by atoms with van der Waals surface area (Å²) in [6, 6.07) is 0. The van der Waals surface area contributed by atoms with Gasteiger partial charge in [0.2, 0.25) is 11.9 Å². The molecule has 6 nitrogen and oxygen atoms in total. The van der Waals surface area contributed by atoms with Gasteiger partial charge in [-0.25, -0.2) is 15.0 Å². The summed E-state index contributed by atoms with van der Waals surface area (Å²) in [5.74, 6) is 1.00. The lowest BCUT2D eigenvalue weighted by molar-refractivity contribution is -0.135. The standard InChI is InChI=1S/C17H21N5OS/c1-12-7-18-16(19-8-12)22-6-4-17(11-22)3-5-21(15(17)23)9-14-10-24-13(2)20-14/h7-8,10H,3-6,9,11H2,1-2H3/t17-/m1/s1. The van der Waals surface area contributed by atoms with Crippen LogP contribution in [-0.2, 0) is 11.3 Å². The Labute approximate surface area is 145 Å². The number of likely N-dealkylation sites (tertiary alicyclic amines) is 1. The number of thiazole rings is 1. The van der Waals surface area contributed by atoms with Crippen molar-refractivity contribution < 1.29 is 4.79 Å². The van der Waals surface area contributed by atoms with Crippen molar-refractivity contribution in [2.24, 2.45) is 5.41 Å². The highest BCUT2D eigenvalue weighted by molar-refractivity contribution is 7.09. The molecule has 1 amide bonds. The first-order valence-corrected chi connectivity index (χ1v) is 9.18. The number of aryl methyl sites for hydroxylation is 2. The molecule has 4 rings (SSSR count). The van der Waals surface area contributed by atoms with E-state index < -0.39 is 0 Å². The van der Waals surface area contributed by atoms with Crippen LogP contribution in [0.4, 0.5) is 5.95 Å². The van der Waals surface area contributed by atoms with Gasteiger partial charge in [-0.2, -0.15) is 0 Å². The van der Waals surface area contributed by atoms with Gasteiger partial charge >= 0.3 is 0 Å². The molecular weight excluding hydrogens is 322 g/mol. The molecule has 2 saturated heterocycles. The fraction of sp³-hybridized carbons (Fsp3) is 0.529. The third-order valence-corrected chi connectivity index (χ3v) is 5.85. The second-order valence-corrected chi connectivity index (χ2v) is 7.91. The molecule has 0 unspecified atom stereocenters. The molecule has 4 heterocycles. The Hall–Kier alpha value is -2.02. The zero-order valence-corrected chi connectivity index (χ0v) is 14.8. The lowest BCUT2D eigenvalue weighted by Crippen LogP contribution is -2.37. The van der Waals surface area contributed by atoms with Gasteiger partial charge in [0.1, 0.15) is 0 Å². The summed E-state index contributed by atoms with van der Waals surface area (Å²) in [6.45, 7) is 7.00. The molecule has 0 bridgehead atoms. The predicted octanol–water partition coefficient (Wildman–Crippen LogP) is 2.18. The van der Waals surface area contributed by atoms with Gasteiger partial charge in [0.25, 0.3) is 0 Å². The number of hydrogen-bond acceptors (Lipinski definition) is 6. The topological polar surface area (TPSA) is 62.2 Å². The van der Waals surface area contributed by atoms with Gasteiger partial charge in [0.05, 0.1) is 22.7 Å². The maximum absolute atomic E-state index is 13.0. The quantitative estimate of drug-likeness (QED) is 0.855. The number of amides is 1. The van der Waals surface area contributed by atoms with Crippen LogP contribution in [0.15, 0.2) is 17.8 Å². The smallest absolute Gasteiger partial charge is 0.231 e. The minimum absolute atomic E-state index is 0.265. The zero-order chi connectivity index (χ0) is 16.7. The Bertz CT molecular complexity index is 759. The van der Waals surface area contributed by atoms with Gasteiger partial charge in [0.15, 0.2) is 0 Å². The van der Waals surface area contributed by atoms with Gasteiger partial charge in [-0.15, -0.1) is 11.3 Å². The lowest BCUT2D eigenvalue weighted by Gasteiger charge is -2.23. The van der Waals surface area contributed by atoms with Crippen molar-refractivity contribution in [1.29, 1.82) is 0 Å². The van der Waals surface area contributed by atoms with Gasteiger partial charge in [-0.1, -0.05) is 0 Å². The molecule has 0 aliphatic carbocycles. The van der Waals surface area contributed by atoms with E-state index in [2.05, 4.69) is 25.2 Å². The van der Waals surface area contributed by atoms with Crippen LogP contribution in [0, 0.1) is 19.3 Å². The second-order valence-electron chi connectivity index (χ2n) is 6.85. The van der Waals surface area contributed by atoms with Crippen molar-refractivity contribution in [3.63, 3.8) is 0 Å². The molecule has 1 atom stereocenters. The number of nitrogens with zero attached hydrogens (tertiary/aromatic N) is 5. The van der Waals surface area contributed by atoms with Gasteiger partial charge in [-0.05, 0) is 32.3 Å². The van der Waals surface area contributed by atoms with Crippen LogP contribution < -0.4 is 4.90 Å². The van der Waals surface area contributed by atoms with Crippen LogP contribution in [0.2, 0.25) is 0 Å². The predicted molar refractivity (Wildman–Crippen MR) is 92.9 cm³/mol. The molecule has 0 radical (unpaired) electrons. The van der Waals surface area contributed by atoms with E-state index in [4.69, 9.17) is 0 Å². The van der Waals surface area contributed by atoms with Crippen molar-refractivity contribution in [3.8, 4) is 0 Å². The molecule has 2 aromatic rings. The van der Waals surface area contributed by atoms with Crippen LogP contribution in [0.3, 0.4) is 0 Å². The van der Waals surface area contributed by atoms with Crippen molar-refractivity contribution in [2.45, 2.75) is 33.2 Å². The summed E-state index contributed by atoms with van der Waals surface area (Å²) >= 11 is 1.64. The monoisotopic (exact) mass is 343 g/mol. The number of anilines is 1. The minimum Gasteiger partial charge on any atom is -0.340 e. The molecule has 126 valence electrons. The Morgan fingerprint density at radius 3 is 2.67 bits per heavy atom. The van der Waals surface area contributed by atoms with Crippen LogP contribution in [0.1, 0.15) is 29.1 Å². The van der Waals surface area contributed by atoms with Crippen LogP contribution in [-0.4, -0.2) is 45.4 Å². The summed E-state index contributed by atoms with van der Waals surface area (Å²) in [5, 5.41) is 3.10. The normalized spacial score (nSPS) is 23.7. The fourth-order valence-corrected chi connectivity index (χ4v) is 4.29. The van der Waals surface area contributed by atoms with Crippen molar-refractivity contribution in [2.75, 3.05) is 24.5 Å². The SMILES string of the molecule is Cc1cnc(N2CC[C@]3(CCN(Cc4csc(C)n4)C3=O)C2)nc1. The largest absolute Gasteiger partial charge is 0.340 e. The number of carbonyl (C=O) groups excluding carboxylic acids is 1. The molecule has 2 aliphatic rings. The van der Waals surface area contributed by atoms with Crippen molar-refractivity contribution >= 4 is 23.2 Å². The van der Waals surface area contributed by atoms with E-state index >= 15 is 0 Å². The maximum Gasteiger partial charge on any atom is 0.231 e. The summed E-state index contributed by atoms with van der Waals surface area (Å²) in [6.07, 6.45) is 5.47. The molecule has 1 spiro atoms. The highest BCUT2D eigenvalue weighted by Gasteiger charge is 2.51. The molecule has 0 aromatic carbocycles. The summed E-state index contributed by atoms with van der Waals surface area (Å²) < 4.78 is 0. The average molecular weight is 343 g/mol. The van der Waals surface area contributed by atoms with E-state index in [0.717, 1.165) is 54.7 Å². The van der Waals surface area contributed by atoms with E-state index in [-0.39, 0.29) is 11.3 Å². The number of hydrogen-bond donors (Lipinski definition) is 0. The molecule has 2 aromatic heterocycles. The first-order chi connectivity index (χ1) is 11.6. The highest BCUT2D eigenvalue weighted by atomic mass is 32.1. The molecule has 2 fully saturated rings. The summed E-state index contributed by atoms with van der Waals surface area (Å²) in [4.78, 5) is 30.4. The first kappa shape index (κ1) is 15.5. The maximum atomic E-state index is 13.0. The van der Waals surface area contributed by atoms with Crippen molar-refractivity contribution in [1.82, 2.24) is 19.9 Å². The molecule has 0 saturated carbocycles. The van der Waals surface area contributed by atoms with E-state index in [1.54, 1.807) is 11.3 Å². The number of carbonyl (C=O) groups is 1. The highest BCUT2D eigenvalue weighted by Crippen LogP contribution is 2.41. The average Bonchev–Trinajstić information content (AvgIpc) is 3.26. The number of aromatic nitrogens is 3. The van der Waals surface area contributed by atoms with Gasteiger partial charge in [-0.3, -0.25) is 4.79 Å². The second kappa shape index (κ2) is 5.81. The minimum atomic E-state index is -0.265. The third-order valence-electron chi connectivity index (χ3n) is 5.02. The van der Waals surface area contributed by atoms with E-state index in [1.807, 2.05) is 31.1 Å². The number of rotatable bonds is 3. The van der Waals surface area contributed by atoms with E-state index in [0.29, 0.717) is 6.54 Å². The summed E-state index contributed by atoms with van der Waals surface area (Å²) in [5.41, 5.74) is 1.79. The van der Waals surface area contributed by atoms with Crippen LogP contribution >= 0.6 is 11.3 Å². The molecule has 2 aliphatic heterocycles. The zero-order valence-electron chi connectivity index (χ0n) is 14.0. The van der Waals surface area contributed by atoms with E-state index in [9.17, 15) is 4.79 Å². The Balaban J connectivity index is 1.46.